The average Bonchev–Trinajstić information content (AvgIpc) is 3.03. The zero-order valence-corrected chi connectivity index (χ0v) is 19.4. The Labute approximate surface area is 196 Å². The van der Waals surface area contributed by atoms with Crippen molar-refractivity contribution in [3.8, 4) is 0 Å². The van der Waals surface area contributed by atoms with E-state index in [-0.39, 0.29) is 0 Å². The van der Waals surface area contributed by atoms with E-state index in [1.807, 2.05) is 31.7 Å². The van der Waals surface area contributed by atoms with Gasteiger partial charge in [-0.15, -0.1) is 0 Å². The van der Waals surface area contributed by atoms with Gasteiger partial charge in [0, 0.05) is 44.0 Å². The van der Waals surface area contributed by atoms with E-state index in [2.05, 4.69) is 11.0 Å². The lowest BCUT2D eigenvalue weighted by molar-refractivity contribution is -0.137. The van der Waals surface area contributed by atoms with Crippen molar-refractivity contribution < 1.29 is 22.8 Å². The molecule has 5 rings (SSSR count). The number of piperazine rings is 1. The molecule has 8 heteroatoms. The summed E-state index contributed by atoms with van der Waals surface area (Å²) in [6, 6.07) is 9.28. The molecule has 1 fully saturated rings. The van der Waals surface area contributed by atoms with E-state index in [1.165, 1.54) is 12.1 Å². The summed E-state index contributed by atoms with van der Waals surface area (Å²) in [5.41, 5.74) is 3.39. The van der Waals surface area contributed by atoms with E-state index in [0.717, 1.165) is 22.8 Å². The number of hydrogen-bond acceptors (Lipinski definition) is 4. The van der Waals surface area contributed by atoms with Gasteiger partial charge in [0.25, 0.3) is 11.7 Å². The minimum atomic E-state index is -4.36. The molecule has 1 amide bonds. The summed E-state index contributed by atoms with van der Waals surface area (Å²) in [5, 5.41) is 0. The second kappa shape index (κ2) is 7.70. The molecule has 0 atom stereocenters. The van der Waals surface area contributed by atoms with E-state index in [4.69, 9.17) is 0 Å². The number of hydrogen-bond donors (Lipinski definition) is 0. The van der Waals surface area contributed by atoms with Crippen LogP contribution < -0.4 is 9.80 Å². The maximum Gasteiger partial charge on any atom is 0.416 e. The van der Waals surface area contributed by atoms with Gasteiger partial charge in [0.05, 0.1) is 22.4 Å². The number of aryl methyl sites for hydroxylation is 1. The summed E-state index contributed by atoms with van der Waals surface area (Å²) in [5.74, 6) is -0.950. The number of alkyl halides is 3. The first-order chi connectivity index (χ1) is 16.0. The highest BCUT2D eigenvalue weighted by Gasteiger charge is 2.47. The number of benzene rings is 2. The molecule has 0 spiro atoms. The lowest BCUT2D eigenvalue weighted by Gasteiger charge is -2.41. The van der Waals surface area contributed by atoms with E-state index in [0.29, 0.717) is 49.7 Å². The summed E-state index contributed by atoms with van der Waals surface area (Å²) in [4.78, 5) is 31.2. The van der Waals surface area contributed by atoms with E-state index in [9.17, 15) is 22.8 Å². The largest absolute Gasteiger partial charge is 0.416 e. The number of carbonyl (C=O) groups excluding carboxylic acids is 2. The molecular formula is C26H26F3N3O2. The van der Waals surface area contributed by atoms with Gasteiger partial charge in [-0.2, -0.15) is 13.2 Å². The Morgan fingerprint density at radius 3 is 2.32 bits per heavy atom. The smallest absolute Gasteiger partial charge is 0.369 e. The monoisotopic (exact) mass is 469 g/mol. The SMILES string of the molecule is Cc1cc2c3c(c1)C(CN1CCN(c4cccc(C(F)(F)F)c4)CC1)=CC(C)(C)N3C(=O)C2=O. The van der Waals surface area contributed by atoms with Crippen LogP contribution in [0.3, 0.4) is 0 Å². The van der Waals surface area contributed by atoms with E-state index >= 15 is 0 Å². The van der Waals surface area contributed by atoms with Crippen LogP contribution in [-0.4, -0.2) is 54.9 Å². The maximum atomic E-state index is 13.1. The Morgan fingerprint density at radius 1 is 0.971 bits per heavy atom. The lowest BCUT2D eigenvalue weighted by atomic mass is 9.87. The fourth-order valence-corrected chi connectivity index (χ4v) is 5.29. The highest BCUT2D eigenvalue weighted by Crippen LogP contribution is 2.46. The molecule has 0 saturated carbocycles. The van der Waals surface area contributed by atoms with Crippen molar-refractivity contribution >= 4 is 28.6 Å². The molecule has 2 aromatic rings. The number of Topliss-reactive ketones (excluding diaryl/α,β-unsaturated/α-hetero) is 1. The molecule has 0 aromatic heterocycles. The summed E-state index contributed by atoms with van der Waals surface area (Å²) in [6.45, 7) is 9.06. The van der Waals surface area contributed by atoms with Gasteiger partial charge in [-0.25, -0.2) is 0 Å². The third-order valence-corrected chi connectivity index (χ3v) is 6.87. The van der Waals surface area contributed by atoms with Crippen molar-refractivity contribution in [2.24, 2.45) is 0 Å². The summed E-state index contributed by atoms with van der Waals surface area (Å²) in [7, 11) is 0. The Hall–Kier alpha value is -3.13. The topological polar surface area (TPSA) is 43.9 Å². The van der Waals surface area contributed by atoms with Crippen molar-refractivity contribution in [1.29, 1.82) is 0 Å². The number of anilines is 2. The Bertz CT molecular complexity index is 1220. The summed E-state index contributed by atoms with van der Waals surface area (Å²) in [6.07, 6.45) is -2.29. The summed E-state index contributed by atoms with van der Waals surface area (Å²) < 4.78 is 39.3. The molecule has 3 aliphatic heterocycles. The van der Waals surface area contributed by atoms with Crippen molar-refractivity contribution in [2.75, 3.05) is 42.5 Å². The van der Waals surface area contributed by atoms with Crippen LogP contribution in [0.1, 0.15) is 40.9 Å². The van der Waals surface area contributed by atoms with Gasteiger partial charge >= 0.3 is 6.18 Å². The van der Waals surface area contributed by atoms with Gasteiger partial charge in [-0.3, -0.25) is 19.4 Å². The number of nitrogens with zero attached hydrogens (tertiary/aromatic N) is 3. The molecule has 1 saturated heterocycles. The van der Waals surface area contributed by atoms with Gasteiger partial charge in [0.15, 0.2) is 0 Å². The van der Waals surface area contributed by atoms with Crippen LogP contribution in [0.15, 0.2) is 42.5 Å². The first-order valence-corrected chi connectivity index (χ1v) is 11.4. The molecule has 5 nitrogen and oxygen atoms in total. The van der Waals surface area contributed by atoms with Crippen LogP contribution in [0, 0.1) is 6.92 Å². The van der Waals surface area contributed by atoms with Crippen LogP contribution in [0.2, 0.25) is 0 Å². The molecule has 34 heavy (non-hydrogen) atoms. The number of carbonyl (C=O) groups is 2. The Kier molecular flexibility index (Phi) is 5.13. The van der Waals surface area contributed by atoms with Gasteiger partial charge in [-0.1, -0.05) is 12.1 Å². The van der Waals surface area contributed by atoms with Crippen molar-refractivity contribution in [2.45, 2.75) is 32.5 Å². The van der Waals surface area contributed by atoms with E-state index in [1.54, 1.807) is 17.0 Å². The summed E-state index contributed by atoms with van der Waals surface area (Å²) >= 11 is 0. The van der Waals surface area contributed by atoms with Crippen molar-refractivity contribution in [3.05, 3.63) is 64.7 Å². The van der Waals surface area contributed by atoms with Crippen LogP contribution in [0.5, 0.6) is 0 Å². The molecule has 0 bridgehead atoms. The molecule has 2 aromatic carbocycles. The van der Waals surface area contributed by atoms with Crippen molar-refractivity contribution in [3.63, 3.8) is 0 Å². The minimum absolute atomic E-state index is 0.461. The normalized spacial score (nSPS) is 20.0. The second-order valence-corrected chi connectivity index (χ2v) is 9.81. The quantitative estimate of drug-likeness (QED) is 0.620. The van der Waals surface area contributed by atoms with Gasteiger partial charge in [0.2, 0.25) is 0 Å². The number of halogens is 3. The predicted molar refractivity (Wildman–Crippen MR) is 125 cm³/mol. The third kappa shape index (κ3) is 3.70. The van der Waals surface area contributed by atoms with Gasteiger partial charge < -0.3 is 4.90 Å². The van der Waals surface area contributed by atoms with Crippen molar-refractivity contribution in [1.82, 2.24) is 4.90 Å². The molecule has 3 aliphatic rings. The molecule has 3 heterocycles. The van der Waals surface area contributed by atoms with Gasteiger partial charge in [-0.05, 0) is 62.2 Å². The van der Waals surface area contributed by atoms with Gasteiger partial charge in [0.1, 0.15) is 0 Å². The van der Waals surface area contributed by atoms with Crippen LogP contribution in [0.4, 0.5) is 24.5 Å². The molecule has 178 valence electrons. The Morgan fingerprint density at radius 2 is 1.65 bits per heavy atom. The first kappa shape index (κ1) is 22.7. The third-order valence-electron chi connectivity index (χ3n) is 6.87. The fraction of sp³-hybridized carbons (Fsp3) is 0.385. The highest BCUT2D eigenvalue weighted by atomic mass is 19.4. The zero-order chi connectivity index (χ0) is 24.4. The predicted octanol–water partition coefficient (Wildman–Crippen LogP) is 4.54. The molecular weight excluding hydrogens is 443 g/mol. The van der Waals surface area contributed by atoms with Crippen LogP contribution >= 0.6 is 0 Å². The highest BCUT2D eigenvalue weighted by molar-refractivity contribution is 6.53. The Balaban J connectivity index is 1.36. The zero-order valence-electron chi connectivity index (χ0n) is 19.4. The number of ketones is 1. The minimum Gasteiger partial charge on any atom is -0.369 e. The maximum absolute atomic E-state index is 13.1. The molecule has 0 radical (unpaired) electrons. The number of amides is 1. The van der Waals surface area contributed by atoms with Crippen LogP contribution in [-0.2, 0) is 11.0 Å². The van der Waals surface area contributed by atoms with E-state index < -0.39 is 29.0 Å². The molecule has 0 aliphatic carbocycles. The number of rotatable bonds is 3. The molecule has 0 N–H and O–H groups in total. The average molecular weight is 470 g/mol. The molecule has 0 unspecified atom stereocenters. The fourth-order valence-electron chi connectivity index (χ4n) is 5.29. The second-order valence-electron chi connectivity index (χ2n) is 9.81. The first-order valence-electron chi connectivity index (χ1n) is 11.4. The van der Waals surface area contributed by atoms with Crippen LogP contribution in [0.25, 0.3) is 5.57 Å². The standard InChI is InChI=1S/C26H26F3N3O2/c1-16-11-20-17(14-25(2,3)32-22(20)21(12-16)23(33)24(32)34)15-30-7-9-31(10-8-30)19-6-4-5-18(13-19)26(27,28)29/h4-6,11-14H,7-10,15H2,1-3H3. The lowest BCUT2D eigenvalue weighted by Crippen LogP contribution is -2.49.